The van der Waals surface area contributed by atoms with E-state index >= 15 is 0 Å². The molecule has 38 heavy (non-hydrogen) atoms. The van der Waals surface area contributed by atoms with Crippen molar-refractivity contribution in [3.63, 3.8) is 0 Å². The number of thiazole rings is 1. The lowest BCUT2D eigenvalue weighted by molar-refractivity contribution is 0.0216. The molecule has 12 heteroatoms. The Kier molecular flexibility index (Phi) is 7.12. The molecular formula is C26H36N6O4S2. The van der Waals surface area contributed by atoms with E-state index < -0.39 is 38.8 Å². The Morgan fingerprint density at radius 2 is 1.79 bits per heavy atom. The number of anilines is 2. The molecule has 3 aromatic rings. The lowest BCUT2D eigenvalue weighted by atomic mass is 9.93. The first-order valence-corrected chi connectivity index (χ1v) is 15.5. The maximum atomic E-state index is 12.8. The van der Waals surface area contributed by atoms with Crippen LogP contribution >= 0.6 is 11.3 Å². The fourth-order valence-corrected chi connectivity index (χ4v) is 7.47. The molecule has 3 heterocycles. The molecule has 0 unspecified atom stereocenters. The highest BCUT2D eigenvalue weighted by atomic mass is 32.2. The van der Waals surface area contributed by atoms with Crippen molar-refractivity contribution in [3.05, 3.63) is 23.7 Å². The molecule has 2 aliphatic rings. The molecule has 0 saturated heterocycles. The van der Waals surface area contributed by atoms with Gasteiger partial charge in [-0.25, -0.2) is 18.4 Å². The van der Waals surface area contributed by atoms with Crippen molar-refractivity contribution in [2.45, 2.75) is 89.3 Å². The molecule has 4 atom stereocenters. The largest absolute Gasteiger partial charge is 0.390 e. The third-order valence-electron chi connectivity index (χ3n) is 7.72. The molecule has 10 nitrogen and oxygen atoms in total. The number of aryl methyl sites for hydroxylation is 2. The maximum absolute atomic E-state index is 12.8. The van der Waals surface area contributed by atoms with Crippen molar-refractivity contribution >= 4 is 43.2 Å². The predicted molar refractivity (Wildman–Crippen MR) is 150 cm³/mol. The van der Waals surface area contributed by atoms with Gasteiger partial charge in [0.25, 0.3) is 0 Å². The van der Waals surface area contributed by atoms with Gasteiger partial charge in [0.1, 0.15) is 22.4 Å². The standard InChI is InChI=1S/C26H36N6O4S2/c1-13-19(24-31-20-14(2)27-10-9-18(20)37-24)23(32-25(28-13)29-16-7-6-8-16)30-17-11-15(21(33)22(17)34)12-38(35,36)26(3,4)5/h9-10,15-17,21-22,33-34H,6-8,11-12H2,1-5H3,(H2,28,29,30,32)/t15-,17-,21-,22+/m1/s1. The van der Waals surface area contributed by atoms with Crippen LogP contribution < -0.4 is 10.6 Å². The molecule has 206 valence electrons. The van der Waals surface area contributed by atoms with Gasteiger partial charge in [0.15, 0.2) is 9.84 Å². The summed E-state index contributed by atoms with van der Waals surface area (Å²) in [5.74, 6) is 0.208. The number of fused-ring (bicyclic) bond motifs is 1. The van der Waals surface area contributed by atoms with Gasteiger partial charge in [-0.3, -0.25) is 4.98 Å². The normalized spacial score (nSPS) is 24.5. The molecule has 0 radical (unpaired) electrons. The highest BCUT2D eigenvalue weighted by Crippen LogP contribution is 2.39. The minimum absolute atomic E-state index is 0.193. The minimum atomic E-state index is -3.48. The topological polar surface area (TPSA) is 150 Å². The first kappa shape index (κ1) is 27.2. The Balaban J connectivity index is 1.49. The van der Waals surface area contributed by atoms with Crippen LogP contribution in [0.25, 0.3) is 20.8 Å². The summed E-state index contributed by atoms with van der Waals surface area (Å²) < 4.78 is 25.8. The molecule has 5 rings (SSSR count). The van der Waals surface area contributed by atoms with Crippen LogP contribution in [0.15, 0.2) is 12.3 Å². The SMILES string of the molecule is Cc1nc(NC2CCC2)nc(N[C@@H]2C[C@H](CS(=O)(=O)C(C)(C)C)[C@@H](O)[C@H]2O)c1-c1nc2c(C)nccc2s1. The maximum Gasteiger partial charge on any atom is 0.225 e. The van der Waals surface area contributed by atoms with E-state index in [-0.39, 0.29) is 12.2 Å². The van der Waals surface area contributed by atoms with E-state index in [2.05, 4.69) is 15.6 Å². The zero-order valence-corrected chi connectivity index (χ0v) is 24.0. The molecule has 0 aromatic carbocycles. The molecular weight excluding hydrogens is 524 g/mol. The number of hydrogen-bond donors (Lipinski definition) is 4. The number of hydrogen-bond acceptors (Lipinski definition) is 11. The summed E-state index contributed by atoms with van der Waals surface area (Å²) in [6.45, 7) is 8.78. The first-order valence-electron chi connectivity index (χ1n) is 13.1. The van der Waals surface area contributed by atoms with E-state index in [0.717, 1.165) is 45.0 Å². The van der Waals surface area contributed by atoms with Gasteiger partial charge in [-0.2, -0.15) is 4.98 Å². The van der Waals surface area contributed by atoms with Gasteiger partial charge in [-0.05, 0) is 66.4 Å². The van der Waals surface area contributed by atoms with Crippen LogP contribution in [0.2, 0.25) is 0 Å². The van der Waals surface area contributed by atoms with Gasteiger partial charge in [0, 0.05) is 18.2 Å². The van der Waals surface area contributed by atoms with Crippen LogP contribution in [0, 0.1) is 19.8 Å². The Morgan fingerprint density at radius 3 is 2.42 bits per heavy atom. The average Bonchev–Trinajstić information content (AvgIpc) is 3.33. The van der Waals surface area contributed by atoms with Crippen molar-refractivity contribution in [2.75, 3.05) is 16.4 Å². The molecule has 2 saturated carbocycles. The second kappa shape index (κ2) is 9.96. The van der Waals surface area contributed by atoms with E-state index in [1.54, 1.807) is 27.0 Å². The molecule has 0 aliphatic heterocycles. The Morgan fingerprint density at radius 1 is 1.05 bits per heavy atom. The van der Waals surface area contributed by atoms with E-state index in [1.165, 1.54) is 17.8 Å². The van der Waals surface area contributed by atoms with Crippen LogP contribution in [0.1, 0.15) is 57.8 Å². The average molecular weight is 561 g/mol. The summed E-state index contributed by atoms with van der Waals surface area (Å²) in [6.07, 6.45) is 3.03. The van der Waals surface area contributed by atoms with Crippen LogP contribution in [-0.4, -0.2) is 73.4 Å². The highest BCUT2D eigenvalue weighted by molar-refractivity contribution is 7.92. The minimum Gasteiger partial charge on any atom is -0.390 e. The van der Waals surface area contributed by atoms with Crippen LogP contribution in [-0.2, 0) is 9.84 Å². The molecule has 2 aliphatic carbocycles. The van der Waals surface area contributed by atoms with Crippen LogP contribution in [0.3, 0.4) is 0 Å². The number of aliphatic hydroxyl groups excluding tert-OH is 2. The number of aromatic nitrogens is 4. The molecule has 0 bridgehead atoms. The summed E-state index contributed by atoms with van der Waals surface area (Å²) >= 11 is 1.52. The van der Waals surface area contributed by atoms with Crippen molar-refractivity contribution in [1.29, 1.82) is 0 Å². The number of aliphatic hydroxyl groups is 2. The van der Waals surface area contributed by atoms with Gasteiger partial charge >= 0.3 is 0 Å². The summed E-state index contributed by atoms with van der Waals surface area (Å²) in [7, 11) is -3.48. The fourth-order valence-electron chi connectivity index (χ4n) is 4.96. The van der Waals surface area contributed by atoms with Gasteiger partial charge in [-0.1, -0.05) is 0 Å². The van der Waals surface area contributed by atoms with E-state index in [0.29, 0.717) is 17.8 Å². The first-order chi connectivity index (χ1) is 17.8. The molecule has 0 amide bonds. The van der Waals surface area contributed by atoms with Gasteiger partial charge < -0.3 is 20.8 Å². The zero-order chi connectivity index (χ0) is 27.4. The quantitative estimate of drug-likeness (QED) is 0.338. The Bertz CT molecular complexity index is 1450. The number of nitrogens with one attached hydrogen (secondary N) is 2. The number of pyridine rings is 1. The van der Waals surface area contributed by atoms with E-state index in [4.69, 9.17) is 15.0 Å². The summed E-state index contributed by atoms with van der Waals surface area (Å²) in [5.41, 5.74) is 3.10. The van der Waals surface area contributed by atoms with Crippen LogP contribution in [0.5, 0.6) is 0 Å². The molecule has 4 N–H and O–H groups in total. The van der Waals surface area contributed by atoms with E-state index in [9.17, 15) is 18.6 Å². The third kappa shape index (κ3) is 5.11. The van der Waals surface area contributed by atoms with E-state index in [1.807, 2.05) is 19.9 Å². The van der Waals surface area contributed by atoms with Crippen LogP contribution in [0.4, 0.5) is 11.8 Å². The number of rotatable bonds is 7. The molecule has 2 fully saturated rings. The summed E-state index contributed by atoms with van der Waals surface area (Å²) in [4.78, 5) is 18.7. The molecule has 0 spiro atoms. The number of sulfone groups is 1. The third-order valence-corrected chi connectivity index (χ3v) is 11.5. The van der Waals surface area contributed by atoms with Crippen molar-refractivity contribution in [2.24, 2.45) is 5.92 Å². The van der Waals surface area contributed by atoms with Gasteiger partial charge in [-0.15, -0.1) is 11.3 Å². The van der Waals surface area contributed by atoms with Gasteiger partial charge in [0.05, 0.1) is 44.3 Å². The lowest BCUT2D eigenvalue weighted by Crippen LogP contribution is -2.38. The Hall–Kier alpha value is -2.41. The second-order valence-electron chi connectivity index (χ2n) is 11.5. The van der Waals surface area contributed by atoms with Gasteiger partial charge in [0.2, 0.25) is 5.95 Å². The van der Waals surface area contributed by atoms with Crippen molar-refractivity contribution in [1.82, 2.24) is 19.9 Å². The summed E-state index contributed by atoms with van der Waals surface area (Å²) in [6, 6.07) is 1.67. The van der Waals surface area contributed by atoms with Crippen molar-refractivity contribution in [3.8, 4) is 10.6 Å². The monoisotopic (exact) mass is 560 g/mol. The fraction of sp³-hybridized carbons (Fsp3) is 0.615. The number of nitrogens with zero attached hydrogens (tertiary/aromatic N) is 4. The predicted octanol–water partition coefficient (Wildman–Crippen LogP) is 3.47. The molecule has 3 aromatic heterocycles. The zero-order valence-electron chi connectivity index (χ0n) is 22.4. The second-order valence-corrected chi connectivity index (χ2v) is 15.3. The smallest absolute Gasteiger partial charge is 0.225 e. The Labute approximate surface area is 227 Å². The summed E-state index contributed by atoms with van der Waals surface area (Å²) in [5, 5.41) is 29.2. The lowest BCUT2D eigenvalue weighted by Gasteiger charge is -2.27. The van der Waals surface area contributed by atoms with Crippen molar-refractivity contribution < 1.29 is 18.6 Å². The highest BCUT2D eigenvalue weighted by Gasteiger charge is 2.45.